The molecule has 2 aromatic rings. The molecule has 1 aromatic carbocycles. The molecule has 184 valence electrons. The highest BCUT2D eigenvalue weighted by Crippen LogP contribution is 2.24. The van der Waals surface area contributed by atoms with Crippen molar-refractivity contribution in [2.45, 2.75) is 50.6 Å². The molecule has 0 aliphatic carbocycles. The fourth-order valence-corrected chi connectivity index (χ4v) is 5.82. The summed E-state index contributed by atoms with van der Waals surface area (Å²) in [5.74, 6) is -0.667. The fraction of sp³-hybridized carbons (Fsp3) is 0.640. The Balaban J connectivity index is 1.19. The van der Waals surface area contributed by atoms with Crippen LogP contribution >= 0.6 is 0 Å². The van der Waals surface area contributed by atoms with E-state index in [1.165, 1.54) is 31.5 Å². The van der Waals surface area contributed by atoms with Gasteiger partial charge < -0.3 is 10.2 Å². The minimum absolute atomic E-state index is 0.215. The van der Waals surface area contributed by atoms with Crippen LogP contribution in [0.2, 0.25) is 0 Å². The number of benzene rings is 1. The van der Waals surface area contributed by atoms with Crippen molar-refractivity contribution < 1.29 is 9.59 Å². The summed E-state index contributed by atoms with van der Waals surface area (Å²) in [6, 6.07) is 6.22. The fourth-order valence-electron chi connectivity index (χ4n) is 5.82. The molecule has 2 N–H and O–H groups in total. The number of imidazole rings is 1. The number of nitrogens with one attached hydrogen (secondary N) is 2. The minimum Gasteiger partial charge on any atom is -0.317 e. The molecule has 1 unspecified atom stereocenters. The van der Waals surface area contributed by atoms with Gasteiger partial charge >= 0.3 is 5.69 Å². The van der Waals surface area contributed by atoms with Crippen molar-refractivity contribution in [3.63, 3.8) is 0 Å². The van der Waals surface area contributed by atoms with Crippen molar-refractivity contribution in [2.75, 3.05) is 45.8 Å². The molecule has 0 saturated carbocycles. The third kappa shape index (κ3) is 4.69. The van der Waals surface area contributed by atoms with Crippen molar-refractivity contribution in [1.29, 1.82) is 0 Å². The van der Waals surface area contributed by atoms with Gasteiger partial charge in [0.1, 0.15) is 6.04 Å². The number of aromatic nitrogens is 2. The van der Waals surface area contributed by atoms with Crippen molar-refractivity contribution >= 4 is 22.8 Å². The van der Waals surface area contributed by atoms with Gasteiger partial charge in [-0.15, -0.1) is 0 Å². The van der Waals surface area contributed by atoms with Crippen LogP contribution in [0.25, 0.3) is 11.0 Å². The lowest BCUT2D eigenvalue weighted by molar-refractivity contribution is -0.135. The number of hydrogen-bond acceptors (Lipinski definition) is 6. The normalized spacial score (nSPS) is 23.5. The van der Waals surface area contributed by atoms with E-state index in [1.54, 1.807) is 16.2 Å². The van der Waals surface area contributed by atoms with E-state index in [2.05, 4.69) is 32.6 Å². The molecule has 4 heterocycles. The van der Waals surface area contributed by atoms with Crippen LogP contribution in [0.5, 0.6) is 0 Å². The number of rotatable bonds is 6. The van der Waals surface area contributed by atoms with Gasteiger partial charge in [-0.05, 0) is 69.4 Å². The molecule has 0 bridgehead atoms. The van der Waals surface area contributed by atoms with Crippen LogP contribution in [0, 0.1) is 0 Å². The predicted octanol–water partition coefficient (Wildman–Crippen LogP) is 0.620. The summed E-state index contributed by atoms with van der Waals surface area (Å²) < 4.78 is 3.16. The first-order valence-corrected chi connectivity index (χ1v) is 12.7. The van der Waals surface area contributed by atoms with Gasteiger partial charge in [0.15, 0.2) is 0 Å². The Kier molecular flexibility index (Phi) is 6.85. The number of amides is 2. The van der Waals surface area contributed by atoms with Crippen LogP contribution in [0.3, 0.4) is 0 Å². The Morgan fingerprint density at radius 1 is 0.971 bits per heavy atom. The average molecular weight is 469 g/mol. The molecule has 3 aliphatic rings. The molecule has 9 nitrogen and oxygen atoms in total. The Morgan fingerprint density at radius 2 is 1.74 bits per heavy atom. The zero-order valence-electron chi connectivity index (χ0n) is 20.1. The van der Waals surface area contributed by atoms with Gasteiger partial charge in [-0.2, -0.15) is 0 Å². The zero-order chi connectivity index (χ0) is 23.7. The summed E-state index contributed by atoms with van der Waals surface area (Å²) in [6.07, 6.45) is 5.20. The Morgan fingerprint density at radius 3 is 2.47 bits per heavy atom. The predicted molar refractivity (Wildman–Crippen MR) is 131 cm³/mol. The highest BCUT2D eigenvalue weighted by molar-refractivity contribution is 6.00. The summed E-state index contributed by atoms with van der Waals surface area (Å²) in [5.41, 5.74) is 2.58. The second-order valence-electron chi connectivity index (χ2n) is 9.96. The highest BCUT2D eigenvalue weighted by atomic mass is 16.2. The van der Waals surface area contributed by atoms with Gasteiger partial charge in [0.2, 0.25) is 11.8 Å². The van der Waals surface area contributed by atoms with Crippen LogP contribution < -0.4 is 16.3 Å². The topological polar surface area (TPSA) is 91.6 Å². The number of carbonyl (C=O) groups is 2. The van der Waals surface area contributed by atoms with Crippen LogP contribution in [0.1, 0.15) is 43.7 Å². The molecule has 0 radical (unpaired) electrons. The molecule has 1 atom stereocenters. The second kappa shape index (κ2) is 10.0. The van der Waals surface area contributed by atoms with E-state index in [1.807, 2.05) is 6.07 Å². The third-order valence-electron chi connectivity index (χ3n) is 7.85. The quantitative estimate of drug-likeness (QED) is 0.604. The van der Waals surface area contributed by atoms with E-state index in [4.69, 9.17) is 0 Å². The van der Waals surface area contributed by atoms with E-state index in [0.29, 0.717) is 6.42 Å². The summed E-state index contributed by atoms with van der Waals surface area (Å²) >= 11 is 0. The van der Waals surface area contributed by atoms with E-state index in [0.717, 1.165) is 62.6 Å². The van der Waals surface area contributed by atoms with E-state index >= 15 is 0 Å². The number of piperidine rings is 2. The SMILES string of the molecule is Cn1c(=O)n(C2CCC(=O)NC2=O)c2ccc(CCCN3CCN(C4CCNCC4)CC3)cc21. The number of aryl methyl sites for hydroxylation is 2. The Hall–Kier alpha value is -2.49. The molecule has 34 heavy (non-hydrogen) atoms. The smallest absolute Gasteiger partial charge is 0.317 e. The number of carbonyl (C=O) groups excluding carboxylic acids is 2. The van der Waals surface area contributed by atoms with Gasteiger partial charge in [0.05, 0.1) is 11.0 Å². The minimum atomic E-state index is -0.636. The molecule has 9 heteroatoms. The third-order valence-corrected chi connectivity index (χ3v) is 7.85. The van der Waals surface area contributed by atoms with Crippen molar-refractivity contribution in [3.8, 4) is 0 Å². The summed E-state index contributed by atoms with van der Waals surface area (Å²) in [7, 11) is 1.75. The molecular weight excluding hydrogens is 432 g/mol. The first-order valence-electron chi connectivity index (χ1n) is 12.7. The standard InChI is InChI=1S/C25H36N6O3/c1-28-22-17-18(3-2-12-29-13-15-30(16-14-29)19-8-10-26-11-9-19)4-5-20(22)31(25(28)34)21-6-7-23(32)27-24(21)33/h4-5,17,19,21,26H,2-3,6-16H2,1H3,(H,27,32,33). The molecule has 2 amide bonds. The molecule has 3 aliphatic heterocycles. The van der Waals surface area contributed by atoms with Crippen LogP contribution in [0.4, 0.5) is 0 Å². The van der Waals surface area contributed by atoms with Gasteiger partial charge in [-0.25, -0.2) is 4.79 Å². The lowest BCUT2D eigenvalue weighted by atomic mass is 10.0. The molecule has 5 rings (SSSR count). The Labute approximate surface area is 200 Å². The molecule has 0 spiro atoms. The molecule has 1 aromatic heterocycles. The van der Waals surface area contributed by atoms with E-state index in [9.17, 15) is 14.4 Å². The van der Waals surface area contributed by atoms with Gasteiger partial charge in [-0.1, -0.05) is 6.07 Å². The molecular formula is C25H36N6O3. The summed E-state index contributed by atoms with van der Waals surface area (Å²) in [5, 5.41) is 5.82. The lowest BCUT2D eigenvalue weighted by Crippen LogP contribution is -2.52. The maximum Gasteiger partial charge on any atom is 0.329 e. The van der Waals surface area contributed by atoms with Gasteiger partial charge in [0, 0.05) is 45.7 Å². The molecule has 3 fully saturated rings. The lowest BCUT2D eigenvalue weighted by Gasteiger charge is -2.40. The first kappa shape index (κ1) is 23.3. The highest BCUT2D eigenvalue weighted by Gasteiger charge is 2.31. The van der Waals surface area contributed by atoms with Gasteiger partial charge in [-0.3, -0.25) is 28.9 Å². The maximum absolute atomic E-state index is 12.9. The average Bonchev–Trinajstić information content (AvgIpc) is 3.10. The number of imide groups is 1. The maximum atomic E-state index is 12.9. The van der Waals surface area contributed by atoms with Crippen LogP contribution in [-0.2, 0) is 23.1 Å². The van der Waals surface area contributed by atoms with Gasteiger partial charge in [0.25, 0.3) is 0 Å². The monoisotopic (exact) mass is 468 g/mol. The van der Waals surface area contributed by atoms with Crippen LogP contribution in [-0.4, -0.2) is 82.6 Å². The second-order valence-corrected chi connectivity index (χ2v) is 9.96. The van der Waals surface area contributed by atoms with E-state index in [-0.39, 0.29) is 18.0 Å². The Bertz CT molecular complexity index is 1110. The summed E-state index contributed by atoms with van der Waals surface area (Å²) in [6.45, 7) is 8.03. The number of nitrogens with zero attached hydrogens (tertiary/aromatic N) is 4. The van der Waals surface area contributed by atoms with Crippen molar-refractivity contribution in [1.82, 2.24) is 29.6 Å². The zero-order valence-corrected chi connectivity index (χ0v) is 20.1. The molecule has 3 saturated heterocycles. The number of fused-ring (bicyclic) bond motifs is 1. The van der Waals surface area contributed by atoms with Crippen molar-refractivity contribution in [3.05, 3.63) is 34.2 Å². The van der Waals surface area contributed by atoms with E-state index < -0.39 is 11.9 Å². The van der Waals surface area contributed by atoms with Crippen LogP contribution in [0.15, 0.2) is 23.0 Å². The summed E-state index contributed by atoms with van der Waals surface area (Å²) in [4.78, 5) is 42.1. The largest absolute Gasteiger partial charge is 0.329 e. The number of piperazine rings is 1. The first-order chi connectivity index (χ1) is 16.5. The number of hydrogen-bond donors (Lipinski definition) is 2. The van der Waals surface area contributed by atoms with Crippen molar-refractivity contribution in [2.24, 2.45) is 7.05 Å².